The number of aliphatic imine (C=N–C) groups is 1. The van der Waals surface area contributed by atoms with Gasteiger partial charge in [0.25, 0.3) is 0 Å². The molecule has 2 heterocycles. The Morgan fingerprint density at radius 2 is 2.12 bits per heavy atom. The van der Waals surface area contributed by atoms with Crippen LogP contribution in [-0.2, 0) is 21.7 Å². The van der Waals surface area contributed by atoms with E-state index < -0.39 is 5.54 Å². The highest BCUT2D eigenvalue weighted by Crippen LogP contribution is 2.54. The minimum atomic E-state index is -0.413. The second-order valence-electron chi connectivity index (χ2n) is 8.62. The lowest BCUT2D eigenvalue weighted by Crippen LogP contribution is -2.54. The monoisotopic (exact) mass is 515 g/mol. The molecule has 4 unspecified atom stereocenters. The first-order valence-electron chi connectivity index (χ1n) is 10.9. The van der Waals surface area contributed by atoms with Gasteiger partial charge in [-0.25, -0.2) is 4.99 Å². The zero-order valence-corrected chi connectivity index (χ0v) is 20.0. The summed E-state index contributed by atoms with van der Waals surface area (Å²) >= 11 is 5.20. The number of amidine groups is 1. The highest BCUT2D eigenvalue weighted by Gasteiger charge is 2.54. The Morgan fingerprint density at radius 1 is 1.28 bits per heavy atom. The summed E-state index contributed by atoms with van der Waals surface area (Å²) in [4.78, 5) is 17.5. The molecule has 5 rings (SSSR count). The van der Waals surface area contributed by atoms with E-state index >= 15 is 0 Å². The van der Waals surface area contributed by atoms with Crippen LogP contribution < -0.4 is 15.8 Å². The normalized spacial score (nSPS) is 28.4. The van der Waals surface area contributed by atoms with Crippen LogP contribution >= 0.6 is 27.7 Å². The van der Waals surface area contributed by atoms with Gasteiger partial charge < -0.3 is 20.5 Å². The minimum Gasteiger partial charge on any atom is -0.490 e. The van der Waals surface area contributed by atoms with E-state index in [0.717, 1.165) is 46.4 Å². The predicted octanol–water partition coefficient (Wildman–Crippen LogP) is 3.97. The Balaban J connectivity index is 1.27. The maximum atomic E-state index is 12.5. The van der Waals surface area contributed by atoms with Gasteiger partial charge in [-0.1, -0.05) is 58.0 Å². The Kier molecular flexibility index (Phi) is 6.18. The summed E-state index contributed by atoms with van der Waals surface area (Å²) in [5.74, 6) is 1.77. The Bertz CT molecular complexity index is 1030. The van der Waals surface area contributed by atoms with E-state index in [4.69, 9.17) is 20.2 Å². The van der Waals surface area contributed by atoms with Crippen molar-refractivity contribution < 1.29 is 14.3 Å². The minimum absolute atomic E-state index is 0.0534. The number of benzene rings is 2. The molecule has 8 heteroatoms. The van der Waals surface area contributed by atoms with E-state index in [2.05, 4.69) is 27.3 Å². The molecule has 0 aromatic heterocycles. The maximum absolute atomic E-state index is 12.5. The van der Waals surface area contributed by atoms with Crippen molar-refractivity contribution in [2.24, 2.45) is 16.6 Å². The van der Waals surface area contributed by atoms with Gasteiger partial charge in [0.1, 0.15) is 24.0 Å². The SMILES string of the molecule is NC1=NC2(CS1)c1cc(Br)ccc1OC1CCC(NC(=O)COCc3ccccc3)CC12. The van der Waals surface area contributed by atoms with Gasteiger partial charge in [-0.05, 0) is 43.0 Å². The van der Waals surface area contributed by atoms with Crippen molar-refractivity contribution >= 4 is 38.8 Å². The number of fused-ring (bicyclic) bond motifs is 4. The van der Waals surface area contributed by atoms with Crippen LogP contribution in [0, 0.1) is 5.92 Å². The lowest BCUT2D eigenvalue weighted by Gasteiger charge is -2.48. The van der Waals surface area contributed by atoms with Crippen molar-refractivity contribution in [3.8, 4) is 5.75 Å². The molecule has 1 fully saturated rings. The number of amides is 1. The first kappa shape index (κ1) is 21.8. The zero-order chi connectivity index (χ0) is 22.1. The summed E-state index contributed by atoms with van der Waals surface area (Å²) in [7, 11) is 0. The number of carbonyl (C=O) groups is 1. The molecule has 32 heavy (non-hydrogen) atoms. The first-order valence-corrected chi connectivity index (χ1v) is 12.7. The number of hydrogen-bond acceptors (Lipinski definition) is 6. The Morgan fingerprint density at radius 3 is 2.91 bits per heavy atom. The number of thioether (sulfide) groups is 1. The van der Waals surface area contributed by atoms with Crippen molar-refractivity contribution in [1.82, 2.24) is 5.32 Å². The molecule has 3 N–H and O–H groups in total. The van der Waals surface area contributed by atoms with Crippen LogP contribution in [0.15, 0.2) is 58.0 Å². The van der Waals surface area contributed by atoms with Crippen LogP contribution in [0.1, 0.15) is 30.4 Å². The number of hydrogen-bond donors (Lipinski definition) is 2. The van der Waals surface area contributed by atoms with E-state index in [1.54, 1.807) is 11.8 Å². The van der Waals surface area contributed by atoms with Crippen molar-refractivity contribution in [2.75, 3.05) is 12.4 Å². The van der Waals surface area contributed by atoms with Crippen LogP contribution in [0.25, 0.3) is 0 Å². The summed E-state index contributed by atoms with van der Waals surface area (Å²) in [6, 6.07) is 16.1. The molecule has 3 aliphatic rings. The number of halogens is 1. The van der Waals surface area contributed by atoms with Crippen LogP contribution in [0.5, 0.6) is 5.75 Å². The molecular formula is C24H26BrN3O3S. The molecule has 0 bridgehead atoms. The molecule has 1 amide bonds. The third-order valence-electron chi connectivity index (χ3n) is 6.55. The van der Waals surface area contributed by atoms with Gasteiger partial charge in [0.2, 0.25) is 5.91 Å². The van der Waals surface area contributed by atoms with Gasteiger partial charge >= 0.3 is 0 Å². The second-order valence-corrected chi connectivity index (χ2v) is 10.5. The Hall–Kier alpha value is -2.03. The molecule has 1 aliphatic carbocycles. The number of nitrogens with two attached hydrogens (primary N) is 1. The van der Waals surface area contributed by atoms with Gasteiger partial charge in [0.05, 0.1) is 6.61 Å². The molecule has 168 valence electrons. The second kappa shape index (κ2) is 9.08. The molecule has 6 nitrogen and oxygen atoms in total. The molecule has 0 radical (unpaired) electrons. The molecule has 2 aromatic rings. The fourth-order valence-electron chi connectivity index (χ4n) is 5.10. The first-order chi connectivity index (χ1) is 15.5. The van der Waals surface area contributed by atoms with Crippen molar-refractivity contribution in [3.63, 3.8) is 0 Å². The lowest BCUT2D eigenvalue weighted by atomic mass is 9.67. The molecular weight excluding hydrogens is 490 g/mol. The highest BCUT2D eigenvalue weighted by atomic mass is 79.9. The smallest absolute Gasteiger partial charge is 0.246 e. The fourth-order valence-corrected chi connectivity index (χ4v) is 6.49. The van der Waals surface area contributed by atoms with Crippen LogP contribution in [0.2, 0.25) is 0 Å². The van der Waals surface area contributed by atoms with E-state index in [1.807, 2.05) is 42.5 Å². The van der Waals surface area contributed by atoms with E-state index in [9.17, 15) is 4.79 Å². The van der Waals surface area contributed by atoms with Crippen molar-refractivity contribution in [3.05, 3.63) is 64.1 Å². The molecule has 2 aromatic carbocycles. The quantitative estimate of drug-likeness (QED) is 0.629. The van der Waals surface area contributed by atoms with Crippen LogP contribution in [0.4, 0.5) is 0 Å². The predicted molar refractivity (Wildman–Crippen MR) is 130 cm³/mol. The van der Waals surface area contributed by atoms with Gasteiger partial charge in [0, 0.05) is 27.7 Å². The summed E-state index contributed by atoms with van der Waals surface area (Å²) in [5.41, 5.74) is 7.88. The Labute approximate surface area is 200 Å². The van der Waals surface area contributed by atoms with E-state index in [-0.39, 0.29) is 30.6 Å². The lowest BCUT2D eigenvalue weighted by molar-refractivity contribution is -0.127. The van der Waals surface area contributed by atoms with Crippen LogP contribution in [0.3, 0.4) is 0 Å². The van der Waals surface area contributed by atoms with Gasteiger partial charge in [0.15, 0.2) is 5.17 Å². The van der Waals surface area contributed by atoms with Gasteiger partial charge in [-0.3, -0.25) is 4.79 Å². The molecule has 0 saturated heterocycles. The van der Waals surface area contributed by atoms with Gasteiger partial charge in [-0.15, -0.1) is 0 Å². The number of nitrogens with zero attached hydrogens (tertiary/aromatic N) is 1. The zero-order valence-electron chi connectivity index (χ0n) is 17.6. The van der Waals surface area contributed by atoms with E-state index in [0.29, 0.717) is 11.8 Å². The molecule has 1 saturated carbocycles. The number of carbonyl (C=O) groups excluding carboxylic acids is 1. The highest BCUT2D eigenvalue weighted by molar-refractivity contribution is 9.10. The average molecular weight is 516 g/mol. The van der Waals surface area contributed by atoms with Crippen LogP contribution in [-0.4, -0.2) is 35.6 Å². The largest absolute Gasteiger partial charge is 0.490 e. The summed E-state index contributed by atoms with van der Waals surface area (Å²) in [6.45, 7) is 0.481. The third kappa shape index (κ3) is 4.28. The molecule has 4 atom stereocenters. The van der Waals surface area contributed by atoms with Crippen molar-refractivity contribution in [1.29, 1.82) is 0 Å². The summed E-state index contributed by atoms with van der Waals surface area (Å²) in [5, 5.41) is 3.80. The van der Waals surface area contributed by atoms with Gasteiger partial charge in [-0.2, -0.15) is 0 Å². The van der Waals surface area contributed by atoms with Crippen molar-refractivity contribution in [2.45, 2.75) is 43.6 Å². The molecule has 2 aliphatic heterocycles. The number of rotatable bonds is 5. The third-order valence-corrected chi connectivity index (χ3v) is 8.01. The molecule has 1 spiro atoms. The fraction of sp³-hybridized carbons (Fsp3) is 0.417. The number of ether oxygens (including phenoxy) is 2. The topological polar surface area (TPSA) is 85.9 Å². The summed E-state index contributed by atoms with van der Waals surface area (Å²) < 4.78 is 13.0. The maximum Gasteiger partial charge on any atom is 0.246 e. The summed E-state index contributed by atoms with van der Waals surface area (Å²) in [6.07, 6.45) is 2.62. The number of nitrogens with one attached hydrogen (secondary N) is 1. The average Bonchev–Trinajstić information content (AvgIpc) is 3.18. The van der Waals surface area contributed by atoms with E-state index in [1.165, 1.54) is 0 Å². The standard InChI is InChI=1S/C24H26BrN3O3S/c25-16-6-8-20-18(10-16)24(14-32-23(26)28-24)19-11-17(7-9-21(19)31-20)27-22(29)13-30-12-15-4-2-1-3-5-15/h1-6,8,10,17,19,21H,7,9,11-14H2,(H2,26,28)(H,27,29).